The second-order valence-corrected chi connectivity index (χ2v) is 6.61. The number of esters is 2. The van der Waals surface area contributed by atoms with E-state index in [0.29, 0.717) is 0 Å². The van der Waals surface area contributed by atoms with Crippen molar-refractivity contribution in [2.75, 3.05) is 0 Å². The first-order valence-corrected chi connectivity index (χ1v) is 6.22. The fourth-order valence-electron chi connectivity index (χ4n) is 1.38. The van der Waals surface area contributed by atoms with Crippen LogP contribution in [0.4, 0.5) is 0 Å². The van der Waals surface area contributed by atoms with Crippen molar-refractivity contribution in [2.45, 2.75) is 8.67 Å². The van der Waals surface area contributed by atoms with Crippen molar-refractivity contribution in [1.29, 1.82) is 0 Å². The van der Waals surface area contributed by atoms with Crippen molar-refractivity contribution < 1.29 is 14.3 Å². The van der Waals surface area contributed by atoms with E-state index in [-0.39, 0.29) is 11.1 Å². The molecule has 0 aromatic carbocycles. The van der Waals surface area contributed by atoms with Crippen LogP contribution in [0.3, 0.4) is 0 Å². The van der Waals surface area contributed by atoms with Crippen LogP contribution in [-0.4, -0.2) is 20.6 Å². The third-order valence-electron chi connectivity index (χ3n) is 2.23. The lowest BCUT2D eigenvalue weighted by molar-refractivity contribution is -0.149. The minimum Gasteiger partial charge on any atom is -0.386 e. The van der Waals surface area contributed by atoms with E-state index < -0.39 is 30.7 Å². The summed E-state index contributed by atoms with van der Waals surface area (Å²) in [6.45, 7) is 0. The van der Waals surface area contributed by atoms with Gasteiger partial charge >= 0.3 is 11.9 Å². The lowest BCUT2D eigenvalue weighted by Crippen LogP contribution is -2.41. The van der Waals surface area contributed by atoms with Gasteiger partial charge in [-0.05, 0) is 0 Å². The summed E-state index contributed by atoms with van der Waals surface area (Å²) in [7, 11) is 0. The fourth-order valence-corrected chi connectivity index (χ4v) is 2.95. The summed E-state index contributed by atoms with van der Waals surface area (Å²) in [5.41, 5.74) is -0.632. The van der Waals surface area contributed by atoms with Crippen molar-refractivity contribution in [2.24, 2.45) is 0 Å². The predicted molar refractivity (Wildman–Crippen MR) is 65.7 cm³/mol. The Morgan fingerprint density at radius 3 is 1.35 bits per heavy atom. The van der Waals surface area contributed by atoms with Gasteiger partial charge in [-0.15, -0.1) is 0 Å². The van der Waals surface area contributed by atoms with Crippen molar-refractivity contribution in [1.82, 2.24) is 0 Å². The number of hydrogen-bond acceptors (Lipinski definition) is 3. The number of carbonyl (C=O) groups excluding carboxylic acids is 2. The molecule has 1 heterocycles. The molecule has 1 saturated heterocycles. The summed E-state index contributed by atoms with van der Waals surface area (Å²) >= 11 is 35.1. The zero-order valence-electron chi connectivity index (χ0n) is 7.49. The molecule has 17 heavy (non-hydrogen) atoms. The molecule has 0 N–H and O–H groups in total. The summed E-state index contributed by atoms with van der Waals surface area (Å²) < 4.78 is 0.222. The topological polar surface area (TPSA) is 43.4 Å². The van der Waals surface area contributed by atoms with Gasteiger partial charge in [0.25, 0.3) is 0 Å². The fraction of sp³-hybridized carbons (Fsp3) is 0.250. The Kier molecular flexibility index (Phi) is 3.18. The molecule has 1 aliphatic carbocycles. The lowest BCUT2D eigenvalue weighted by atomic mass is 9.98. The molecule has 0 aromatic rings. The number of alkyl halides is 4. The van der Waals surface area contributed by atoms with Crippen LogP contribution < -0.4 is 0 Å². The first-order chi connectivity index (χ1) is 7.62. The molecule has 0 saturated carbocycles. The molecule has 2 aliphatic rings. The third kappa shape index (κ3) is 1.64. The molecule has 3 nitrogen and oxygen atoms in total. The van der Waals surface area contributed by atoms with Crippen LogP contribution in [0, 0.1) is 0 Å². The second kappa shape index (κ2) is 3.92. The van der Waals surface area contributed by atoms with Crippen molar-refractivity contribution in [3.63, 3.8) is 0 Å². The molecule has 92 valence electrons. The van der Waals surface area contributed by atoms with Crippen LogP contribution >= 0.6 is 69.6 Å². The Bertz CT molecular complexity index is 469. The van der Waals surface area contributed by atoms with Gasteiger partial charge in [0.1, 0.15) is 0 Å². The van der Waals surface area contributed by atoms with E-state index in [1.165, 1.54) is 0 Å². The van der Waals surface area contributed by atoms with E-state index in [2.05, 4.69) is 4.74 Å². The first-order valence-electron chi connectivity index (χ1n) is 3.95. The number of cyclic esters (lactones) is 2. The van der Waals surface area contributed by atoms with E-state index in [1.807, 2.05) is 0 Å². The maximum absolute atomic E-state index is 11.4. The van der Waals surface area contributed by atoms with Gasteiger partial charge in [0.15, 0.2) is 8.67 Å². The molecule has 0 radical (unpaired) electrons. The highest BCUT2D eigenvalue weighted by molar-refractivity contribution is 6.71. The van der Waals surface area contributed by atoms with E-state index in [0.717, 1.165) is 0 Å². The Labute approximate surface area is 125 Å². The van der Waals surface area contributed by atoms with Gasteiger partial charge in [0, 0.05) is 0 Å². The number of hydrogen-bond donors (Lipinski definition) is 0. The number of carbonyl (C=O) groups is 2. The Hall–Kier alpha value is 0.360. The van der Waals surface area contributed by atoms with Gasteiger partial charge in [-0.1, -0.05) is 69.6 Å². The monoisotopic (exact) mass is 354 g/mol. The van der Waals surface area contributed by atoms with E-state index in [1.54, 1.807) is 0 Å². The molecule has 2 rings (SSSR count). The largest absolute Gasteiger partial charge is 0.386 e. The van der Waals surface area contributed by atoms with Crippen LogP contribution in [0.25, 0.3) is 0 Å². The molecule has 0 aromatic heterocycles. The third-order valence-corrected chi connectivity index (χ3v) is 5.84. The van der Waals surface area contributed by atoms with Gasteiger partial charge in [0.05, 0.1) is 21.2 Å². The van der Waals surface area contributed by atoms with Gasteiger partial charge in [-0.2, -0.15) is 0 Å². The molecule has 0 atom stereocenters. The molecule has 9 heteroatoms. The molecule has 0 bridgehead atoms. The van der Waals surface area contributed by atoms with Crippen LogP contribution in [0.5, 0.6) is 0 Å². The Balaban J connectivity index is 2.83. The minimum atomic E-state index is -2.06. The summed E-state index contributed by atoms with van der Waals surface area (Å²) in [6, 6.07) is 0. The maximum atomic E-state index is 11.4. The van der Waals surface area contributed by atoms with Gasteiger partial charge in [0.2, 0.25) is 0 Å². The van der Waals surface area contributed by atoms with Crippen LogP contribution in [0.1, 0.15) is 0 Å². The Morgan fingerprint density at radius 1 is 0.765 bits per heavy atom. The quantitative estimate of drug-likeness (QED) is 0.379. The average Bonchev–Trinajstić information content (AvgIpc) is 2.49. The summed E-state index contributed by atoms with van der Waals surface area (Å²) in [5.74, 6) is -2.00. The summed E-state index contributed by atoms with van der Waals surface area (Å²) in [6.07, 6.45) is 0. The number of fused-ring (bicyclic) bond motifs is 1. The smallest absolute Gasteiger partial charge is 0.348 e. The van der Waals surface area contributed by atoms with Gasteiger partial charge in [-0.3, -0.25) is 0 Å². The lowest BCUT2D eigenvalue weighted by Gasteiger charge is -2.35. The minimum absolute atomic E-state index is 0.316. The number of ether oxygens (including phenoxy) is 1. The highest BCUT2D eigenvalue weighted by Gasteiger charge is 2.61. The SMILES string of the molecule is O=C1OC(=O)C2=C(Cl)C(Cl)(Cl)C(Cl)(Cl)C(Cl)=C12. The molecule has 1 aliphatic heterocycles. The number of allylic oxidation sites excluding steroid dienone is 2. The molecule has 0 spiro atoms. The first kappa shape index (κ1) is 13.8. The van der Waals surface area contributed by atoms with Crippen LogP contribution in [0.2, 0.25) is 0 Å². The molecular weight excluding hydrogens is 357 g/mol. The van der Waals surface area contributed by atoms with Gasteiger partial charge < -0.3 is 4.74 Å². The molecule has 0 unspecified atom stereocenters. The molecular formula is C8Cl6O3. The predicted octanol–water partition coefficient (Wildman–Crippen LogP) is 3.42. The van der Waals surface area contributed by atoms with Gasteiger partial charge in [-0.25, -0.2) is 9.59 Å². The number of halogens is 6. The van der Waals surface area contributed by atoms with Crippen molar-refractivity contribution in [3.05, 3.63) is 21.2 Å². The summed E-state index contributed by atoms with van der Waals surface area (Å²) in [5, 5.41) is -0.804. The number of rotatable bonds is 0. The standard InChI is InChI=1S/C8Cl6O3/c9-3-1-2(6(16)17-5(1)15)4(10)8(13,14)7(3,11)12. The zero-order valence-corrected chi connectivity index (χ0v) is 12.0. The van der Waals surface area contributed by atoms with E-state index in [9.17, 15) is 9.59 Å². The average molecular weight is 357 g/mol. The maximum Gasteiger partial charge on any atom is 0.348 e. The van der Waals surface area contributed by atoms with Crippen LogP contribution in [-0.2, 0) is 14.3 Å². The van der Waals surface area contributed by atoms with E-state index >= 15 is 0 Å². The van der Waals surface area contributed by atoms with Crippen LogP contribution in [0.15, 0.2) is 21.2 Å². The van der Waals surface area contributed by atoms with Crippen molar-refractivity contribution in [3.8, 4) is 0 Å². The molecule has 0 amide bonds. The highest BCUT2D eigenvalue weighted by Crippen LogP contribution is 2.60. The Morgan fingerprint density at radius 2 is 1.06 bits per heavy atom. The second-order valence-electron chi connectivity index (χ2n) is 3.20. The van der Waals surface area contributed by atoms with E-state index in [4.69, 9.17) is 69.6 Å². The zero-order chi connectivity index (χ0) is 13.2. The molecule has 1 fully saturated rings. The summed E-state index contributed by atoms with van der Waals surface area (Å²) in [4.78, 5) is 22.8. The highest BCUT2D eigenvalue weighted by atomic mass is 35.5. The van der Waals surface area contributed by atoms with Crippen molar-refractivity contribution >= 4 is 81.5 Å². The normalized spacial score (nSPS) is 26.2.